The third-order valence-electron chi connectivity index (χ3n) is 3.87. The molecule has 2 aromatic carbocycles. The lowest BCUT2D eigenvalue weighted by Gasteiger charge is -2.15. The maximum atomic E-state index is 12.1. The summed E-state index contributed by atoms with van der Waals surface area (Å²) in [7, 11) is 0. The number of thioether (sulfide) groups is 2. The number of carbonyl (C=O) groups excluding carboxylic acids is 1. The van der Waals surface area contributed by atoms with Gasteiger partial charge in [0.25, 0.3) is 5.91 Å². The van der Waals surface area contributed by atoms with Gasteiger partial charge in [-0.3, -0.25) is 4.79 Å². The monoisotopic (exact) mass is 393 g/mol. The minimum Gasteiger partial charge on any atom is -0.484 e. The first-order valence-corrected chi connectivity index (χ1v) is 10.6. The third-order valence-corrected chi connectivity index (χ3v) is 7.21. The molecule has 0 unspecified atom stereocenters. The van der Waals surface area contributed by atoms with E-state index in [9.17, 15) is 4.79 Å². The molecule has 0 aliphatic carbocycles. The number of rotatable bonds is 6. The molecule has 0 radical (unpaired) electrons. The van der Waals surface area contributed by atoms with Gasteiger partial charge in [0.05, 0.1) is 10.6 Å². The molecule has 1 fully saturated rings. The molecule has 2 aromatic rings. The van der Waals surface area contributed by atoms with E-state index in [-0.39, 0.29) is 18.6 Å². The largest absolute Gasteiger partial charge is 0.484 e. The molecule has 1 atom stereocenters. The van der Waals surface area contributed by atoms with Crippen molar-refractivity contribution in [1.82, 2.24) is 5.32 Å². The Hall–Kier alpha value is -1.30. The van der Waals surface area contributed by atoms with Crippen LogP contribution in [0.4, 0.5) is 0 Å². The lowest BCUT2D eigenvalue weighted by atomic mass is 10.1. The van der Waals surface area contributed by atoms with Crippen LogP contribution in [0.2, 0.25) is 5.02 Å². The zero-order valence-corrected chi connectivity index (χ0v) is 16.3. The number of nitrogens with one attached hydrogen (secondary N) is 1. The second-order valence-electron chi connectivity index (χ2n) is 5.78. The van der Waals surface area contributed by atoms with Crippen LogP contribution in [0.25, 0.3) is 0 Å². The maximum Gasteiger partial charge on any atom is 0.258 e. The van der Waals surface area contributed by atoms with Crippen LogP contribution in [0, 0.1) is 0 Å². The van der Waals surface area contributed by atoms with Crippen molar-refractivity contribution in [2.24, 2.45) is 0 Å². The van der Waals surface area contributed by atoms with Crippen LogP contribution >= 0.6 is 35.1 Å². The molecule has 0 spiro atoms. The molecule has 0 saturated carbocycles. The minimum atomic E-state index is -0.154. The fourth-order valence-electron chi connectivity index (χ4n) is 2.56. The first-order valence-electron chi connectivity index (χ1n) is 8.12. The quantitative estimate of drug-likeness (QED) is 0.743. The van der Waals surface area contributed by atoms with Crippen molar-refractivity contribution < 1.29 is 9.53 Å². The van der Waals surface area contributed by atoms with Crippen molar-refractivity contribution in [2.45, 2.75) is 17.5 Å². The van der Waals surface area contributed by atoms with Crippen LogP contribution in [0.5, 0.6) is 5.75 Å². The highest BCUT2D eigenvalue weighted by molar-refractivity contribution is 8.19. The second kappa shape index (κ2) is 8.88. The molecule has 1 N–H and O–H groups in total. The van der Waals surface area contributed by atoms with Crippen molar-refractivity contribution >= 4 is 41.0 Å². The maximum absolute atomic E-state index is 12.1. The molecule has 1 aliphatic heterocycles. The summed E-state index contributed by atoms with van der Waals surface area (Å²) in [6.07, 6.45) is 0. The highest BCUT2D eigenvalue weighted by Crippen LogP contribution is 2.45. The highest BCUT2D eigenvalue weighted by atomic mass is 35.5. The first kappa shape index (κ1) is 18.5. The summed E-state index contributed by atoms with van der Waals surface area (Å²) in [5.74, 6) is 2.97. The lowest BCUT2D eigenvalue weighted by molar-refractivity contribution is -0.123. The number of carbonyl (C=O) groups is 1. The molecule has 6 heteroatoms. The summed E-state index contributed by atoms with van der Waals surface area (Å²) in [4.78, 5) is 12.1. The van der Waals surface area contributed by atoms with Crippen LogP contribution in [-0.2, 0) is 4.79 Å². The molecular formula is C19H20ClNO2S2. The van der Waals surface area contributed by atoms with E-state index in [1.165, 1.54) is 17.1 Å². The summed E-state index contributed by atoms with van der Waals surface area (Å²) in [5.41, 5.74) is 2.27. The predicted molar refractivity (Wildman–Crippen MR) is 108 cm³/mol. The van der Waals surface area contributed by atoms with Gasteiger partial charge in [-0.15, -0.1) is 23.5 Å². The number of halogens is 1. The van der Waals surface area contributed by atoms with Gasteiger partial charge < -0.3 is 10.1 Å². The van der Waals surface area contributed by atoms with Crippen molar-refractivity contribution in [2.75, 3.05) is 18.1 Å². The predicted octanol–water partition coefficient (Wildman–Crippen LogP) is 5.07. The van der Waals surface area contributed by atoms with E-state index in [0.717, 1.165) is 5.56 Å². The minimum absolute atomic E-state index is 0.00280. The molecule has 3 rings (SSSR count). The Morgan fingerprint density at radius 2 is 1.96 bits per heavy atom. The van der Waals surface area contributed by atoms with Crippen molar-refractivity contribution in [1.29, 1.82) is 0 Å². The molecule has 1 saturated heterocycles. The SMILES string of the molecule is C[C@H](NC(=O)COc1ccc(C2SCCS2)cc1)c1cccc(Cl)c1. The van der Waals surface area contributed by atoms with Gasteiger partial charge in [-0.1, -0.05) is 35.9 Å². The molecule has 1 amide bonds. The van der Waals surface area contributed by atoms with E-state index in [1.807, 2.05) is 66.8 Å². The zero-order valence-electron chi connectivity index (χ0n) is 13.9. The van der Waals surface area contributed by atoms with Gasteiger partial charge in [-0.2, -0.15) is 0 Å². The van der Waals surface area contributed by atoms with E-state index in [0.29, 0.717) is 15.4 Å². The van der Waals surface area contributed by atoms with Gasteiger partial charge in [-0.25, -0.2) is 0 Å². The van der Waals surface area contributed by atoms with Crippen molar-refractivity contribution in [3.05, 3.63) is 64.7 Å². The normalized spacial score (nSPS) is 15.8. The fourth-order valence-corrected chi connectivity index (χ4v) is 5.62. The first-order chi connectivity index (χ1) is 12.1. The van der Waals surface area contributed by atoms with Crippen molar-refractivity contribution in [3.8, 4) is 5.75 Å². The van der Waals surface area contributed by atoms with Crippen LogP contribution in [0.3, 0.4) is 0 Å². The number of ether oxygens (including phenoxy) is 1. The molecule has 132 valence electrons. The second-order valence-corrected chi connectivity index (χ2v) is 8.94. The average Bonchev–Trinajstić information content (AvgIpc) is 3.15. The summed E-state index contributed by atoms with van der Waals surface area (Å²) in [5, 5.41) is 3.58. The van der Waals surface area contributed by atoms with E-state index >= 15 is 0 Å². The van der Waals surface area contributed by atoms with Crippen LogP contribution in [0.1, 0.15) is 28.7 Å². The summed E-state index contributed by atoms with van der Waals surface area (Å²) in [6, 6.07) is 15.4. The number of benzene rings is 2. The fraction of sp³-hybridized carbons (Fsp3) is 0.316. The van der Waals surface area contributed by atoms with Gasteiger partial charge in [0, 0.05) is 16.5 Å². The zero-order chi connectivity index (χ0) is 17.6. The van der Waals surface area contributed by atoms with Gasteiger partial charge in [0.15, 0.2) is 6.61 Å². The average molecular weight is 394 g/mol. The molecular weight excluding hydrogens is 374 g/mol. The molecule has 3 nitrogen and oxygen atoms in total. The van der Waals surface area contributed by atoms with Crippen molar-refractivity contribution in [3.63, 3.8) is 0 Å². The van der Waals surface area contributed by atoms with E-state index in [2.05, 4.69) is 17.4 Å². The Labute approximate surface area is 161 Å². The molecule has 1 heterocycles. The Balaban J connectivity index is 1.48. The lowest BCUT2D eigenvalue weighted by Crippen LogP contribution is -2.31. The van der Waals surface area contributed by atoms with E-state index in [1.54, 1.807) is 0 Å². The number of amides is 1. The third kappa shape index (κ3) is 5.33. The van der Waals surface area contributed by atoms with E-state index in [4.69, 9.17) is 16.3 Å². The van der Waals surface area contributed by atoms with Crippen LogP contribution in [0.15, 0.2) is 48.5 Å². The van der Waals surface area contributed by atoms with Gasteiger partial charge >= 0.3 is 0 Å². The van der Waals surface area contributed by atoms with Gasteiger partial charge in [0.2, 0.25) is 0 Å². The summed E-state index contributed by atoms with van der Waals surface area (Å²) in [6.45, 7) is 1.92. The molecule has 1 aliphatic rings. The number of hydrogen-bond donors (Lipinski definition) is 1. The van der Waals surface area contributed by atoms with E-state index < -0.39 is 0 Å². The molecule has 0 aromatic heterocycles. The smallest absolute Gasteiger partial charge is 0.258 e. The summed E-state index contributed by atoms with van der Waals surface area (Å²) < 4.78 is 6.12. The van der Waals surface area contributed by atoms with Crippen LogP contribution < -0.4 is 10.1 Å². The Kier molecular flexibility index (Phi) is 6.57. The van der Waals surface area contributed by atoms with Gasteiger partial charge in [0.1, 0.15) is 5.75 Å². The Bertz CT molecular complexity index is 718. The number of hydrogen-bond acceptors (Lipinski definition) is 4. The Morgan fingerprint density at radius 3 is 2.64 bits per heavy atom. The standard InChI is InChI=1S/C19H20ClNO2S2/c1-13(15-3-2-4-16(20)11-15)21-18(22)12-23-17-7-5-14(6-8-17)19-24-9-10-25-19/h2-8,11,13,19H,9-10,12H2,1H3,(H,21,22)/t13-/m0/s1. The summed E-state index contributed by atoms with van der Waals surface area (Å²) >= 11 is 9.93. The highest BCUT2D eigenvalue weighted by Gasteiger charge is 2.18. The van der Waals surface area contributed by atoms with Crippen LogP contribution in [-0.4, -0.2) is 24.0 Å². The molecule has 25 heavy (non-hydrogen) atoms. The van der Waals surface area contributed by atoms with Gasteiger partial charge in [-0.05, 0) is 42.3 Å². The molecule has 0 bridgehead atoms. The Morgan fingerprint density at radius 1 is 1.24 bits per heavy atom. The topological polar surface area (TPSA) is 38.3 Å².